The fraction of sp³-hybridized carbons (Fsp3) is 0.462. The van der Waals surface area contributed by atoms with Crippen molar-refractivity contribution in [2.45, 2.75) is 61.7 Å². The summed E-state index contributed by atoms with van der Waals surface area (Å²) in [5.41, 5.74) is 3.87. The van der Waals surface area contributed by atoms with Gasteiger partial charge in [-0.25, -0.2) is 9.97 Å². The van der Waals surface area contributed by atoms with Crippen molar-refractivity contribution >= 4 is 39.7 Å². The molecule has 0 atom stereocenters. The van der Waals surface area contributed by atoms with Crippen LogP contribution in [0.5, 0.6) is 0 Å². The lowest BCUT2D eigenvalue weighted by Crippen LogP contribution is -2.26. The lowest BCUT2D eigenvalue weighted by Gasteiger charge is -2.27. The van der Waals surface area contributed by atoms with Gasteiger partial charge in [0.25, 0.3) is 0 Å². The summed E-state index contributed by atoms with van der Waals surface area (Å²) >= 11 is 2.86. The van der Waals surface area contributed by atoms with Crippen LogP contribution in [0.15, 0.2) is 29.3 Å². The number of thioether (sulfide) groups is 1. The number of alkyl halides is 3. The van der Waals surface area contributed by atoms with Gasteiger partial charge in [-0.3, -0.25) is 0 Å². The highest BCUT2D eigenvalue weighted by atomic mass is 32.2. The van der Waals surface area contributed by atoms with E-state index in [9.17, 15) is 13.2 Å². The number of hydrogen-bond acceptors (Lipinski definition) is 7. The Balaban J connectivity index is 1.38. The van der Waals surface area contributed by atoms with Crippen LogP contribution in [0.2, 0.25) is 0 Å². The van der Waals surface area contributed by atoms with E-state index in [-0.39, 0.29) is 11.6 Å². The molecule has 2 N–H and O–H groups in total. The average molecular weight is 532 g/mol. The quantitative estimate of drug-likeness (QED) is 0.317. The number of hydrogen-bond donors (Lipinski definition) is 2. The van der Waals surface area contributed by atoms with E-state index in [1.165, 1.54) is 39.8 Å². The molecule has 3 aromatic rings. The molecule has 0 amide bonds. The van der Waals surface area contributed by atoms with Crippen molar-refractivity contribution in [1.29, 1.82) is 0 Å². The molecule has 3 aliphatic rings. The van der Waals surface area contributed by atoms with Crippen LogP contribution in [-0.4, -0.2) is 40.8 Å². The number of nitrogens with one attached hydrogen (secondary N) is 2. The van der Waals surface area contributed by atoms with Gasteiger partial charge in [0.2, 0.25) is 5.95 Å². The Labute approximate surface area is 216 Å². The lowest BCUT2D eigenvalue weighted by atomic mass is 9.94. The van der Waals surface area contributed by atoms with Crippen LogP contribution >= 0.6 is 23.1 Å². The summed E-state index contributed by atoms with van der Waals surface area (Å²) in [5, 5.41) is 7.67. The molecule has 0 unspecified atom stereocenters. The van der Waals surface area contributed by atoms with Crippen molar-refractivity contribution < 1.29 is 13.2 Å². The lowest BCUT2D eigenvalue weighted by molar-refractivity contribution is -0.137. The number of nitrogens with zero attached hydrogens (tertiary/aromatic N) is 3. The molecule has 3 heterocycles. The molecule has 0 saturated heterocycles. The number of thiophene rings is 1. The third kappa shape index (κ3) is 4.95. The Morgan fingerprint density at radius 3 is 2.61 bits per heavy atom. The van der Waals surface area contributed by atoms with E-state index >= 15 is 0 Å². The predicted octanol–water partition coefficient (Wildman–Crippen LogP) is 7.13. The second-order valence-corrected chi connectivity index (χ2v) is 11.9. The molecule has 0 bridgehead atoms. The molecule has 0 spiro atoms. The maximum absolute atomic E-state index is 14.0. The second-order valence-electron chi connectivity index (χ2n) is 9.98. The smallest absolute Gasteiger partial charge is 0.373 e. The Bertz CT molecular complexity index is 1300. The van der Waals surface area contributed by atoms with E-state index in [1.54, 1.807) is 0 Å². The molecule has 10 heteroatoms. The maximum Gasteiger partial charge on any atom is 0.420 e. The van der Waals surface area contributed by atoms with Gasteiger partial charge >= 0.3 is 6.18 Å². The molecule has 190 valence electrons. The summed E-state index contributed by atoms with van der Waals surface area (Å²) < 4.78 is 41.9. The molecule has 2 saturated carbocycles. The first-order valence-electron chi connectivity index (χ1n) is 12.3. The molecule has 2 aliphatic carbocycles. The van der Waals surface area contributed by atoms with Crippen molar-refractivity contribution in [3.05, 3.63) is 46.6 Å². The third-order valence-electron chi connectivity index (χ3n) is 7.00. The molecule has 0 radical (unpaired) electrons. The molecule has 1 aliphatic heterocycles. The second kappa shape index (κ2) is 9.22. The third-order valence-corrected chi connectivity index (χ3v) is 8.96. The summed E-state index contributed by atoms with van der Waals surface area (Å²) in [6.07, 6.45) is 3.72. The number of aromatic nitrogens is 2. The van der Waals surface area contributed by atoms with Crippen molar-refractivity contribution in [2.24, 2.45) is 0 Å². The minimum absolute atomic E-state index is 0.0725. The number of benzene rings is 1. The Morgan fingerprint density at radius 2 is 1.92 bits per heavy atom. The minimum atomic E-state index is -4.54. The Morgan fingerprint density at radius 1 is 1.11 bits per heavy atom. The highest BCUT2D eigenvalue weighted by molar-refractivity contribution is 7.99. The fourth-order valence-corrected chi connectivity index (χ4v) is 6.69. The number of likely N-dealkylation sites (N-methyl/N-ethyl adjacent to an activating group) is 1. The van der Waals surface area contributed by atoms with Gasteiger partial charge < -0.3 is 15.5 Å². The standard InChI is InChI=1S/C26H28F3N5S2/c1-34-8-7-15-10-20(18(14-3-4-14)9-16(15)13-34)32-25-30-12-19(26(27,28)29)23(33-25)21-11-22(35-2)24(36-21)31-17-5-6-17/h9-12,14,17,31H,3-8,13H2,1-2H3,(H,30,32,33). The zero-order valence-corrected chi connectivity index (χ0v) is 21.8. The number of anilines is 3. The molecule has 6 rings (SSSR count). The van der Waals surface area contributed by atoms with Gasteiger partial charge in [0, 0.05) is 35.9 Å². The van der Waals surface area contributed by atoms with Crippen LogP contribution in [-0.2, 0) is 19.1 Å². The van der Waals surface area contributed by atoms with Crippen LogP contribution in [0.3, 0.4) is 0 Å². The van der Waals surface area contributed by atoms with Gasteiger partial charge in [0.15, 0.2) is 0 Å². The largest absolute Gasteiger partial charge is 0.420 e. The van der Waals surface area contributed by atoms with E-state index in [0.29, 0.717) is 16.8 Å². The van der Waals surface area contributed by atoms with Crippen LogP contribution in [0.4, 0.5) is 29.8 Å². The van der Waals surface area contributed by atoms with E-state index in [1.807, 2.05) is 12.3 Å². The number of rotatable bonds is 7. The molecule has 1 aromatic carbocycles. The van der Waals surface area contributed by atoms with E-state index in [4.69, 9.17) is 0 Å². The summed E-state index contributed by atoms with van der Waals surface area (Å²) in [4.78, 5) is 12.3. The topological polar surface area (TPSA) is 53.1 Å². The Kier molecular flexibility index (Phi) is 6.16. The SMILES string of the molecule is CSc1cc(-c2nc(Nc3cc4c(cc3C3CC3)CN(C)CC4)ncc2C(F)(F)F)sc1NC1CC1. The molecular formula is C26H28F3N5S2. The van der Waals surface area contributed by atoms with Crippen LogP contribution in [0, 0.1) is 0 Å². The first-order chi connectivity index (χ1) is 17.3. The van der Waals surface area contributed by atoms with Gasteiger partial charge in [-0.15, -0.1) is 23.1 Å². The predicted molar refractivity (Wildman–Crippen MR) is 141 cm³/mol. The molecule has 5 nitrogen and oxygen atoms in total. The number of fused-ring (bicyclic) bond motifs is 1. The molecule has 2 aromatic heterocycles. The fourth-order valence-electron chi connectivity index (χ4n) is 4.72. The van der Waals surface area contributed by atoms with Crippen molar-refractivity contribution in [3.63, 3.8) is 0 Å². The van der Waals surface area contributed by atoms with E-state index < -0.39 is 11.7 Å². The highest BCUT2D eigenvalue weighted by Gasteiger charge is 2.37. The van der Waals surface area contributed by atoms with Gasteiger partial charge in [-0.1, -0.05) is 6.07 Å². The summed E-state index contributed by atoms with van der Waals surface area (Å²) in [7, 11) is 2.13. The molecular weight excluding hydrogens is 503 g/mol. The van der Waals surface area contributed by atoms with Gasteiger partial charge in [0.1, 0.15) is 10.6 Å². The summed E-state index contributed by atoms with van der Waals surface area (Å²) in [5.74, 6) is 0.681. The van der Waals surface area contributed by atoms with Crippen molar-refractivity contribution in [2.75, 3.05) is 30.5 Å². The highest BCUT2D eigenvalue weighted by Crippen LogP contribution is 2.47. The first-order valence-corrected chi connectivity index (χ1v) is 14.3. The monoisotopic (exact) mass is 531 g/mol. The van der Waals surface area contributed by atoms with Gasteiger partial charge in [-0.2, -0.15) is 13.2 Å². The van der Waals surface area contributed by atoms with E-state index in [2.05, 4.69) is 44.7 Å². The van der Waals surface area contributed by atoms with Crippen molar-refractivity contribution in [3.8, 4) is 10.6 Å². The normalized spacial score (nSPS) is 18.2. The zero-order valence-electron chi connectivity index (χ0n) is 20.2. The maximum atomic E-state index is 14.0. The molecule has 2 fully saturated rings. The van der Waals surface area contributed by atoms with Gasteiger partial charge in [0.05, 0.1) is 10.6 Å². The van der Waals surface area contributed by atoms with Gasteiger partial charge in [-0.05, 0) is 80.1 Å². The first kappa shape index (κ1) is 24.1. The van der Waals surface area contributed by atoms with Crippen LogP contribution < -0.4 is 10.6 Å². The van der Waals surface area contributed by atoms with Crippen LogP contribution in [0.25, 0.3) is 10.6 Å². The minimum Gasteiger partial charge on any atom is -0.373 e. The Hall–Kier alpha value is -2.30. The number of halogens is 3. The average Bonchev–Trinajstić information content (AvgIpc) is 3.77. The van der Waals surface area contributed by atoms with Crippen LogP contribution in [0.1, 0.15) is 53.9 Å². The zero-order chi connectivity index (χ0) is 25.0. The molecule has 36 heavy (non-hydrogen) atoms. The summed E-state index contributed by atoms with van der Waals surface area (Å²) in [6.45, 7) is 1.91. The summed E-state index contributed by atoms with van der Waals surface area (Å²) in [6, 6.07) is 6.66. The van der Waals surface area contributed by atoms with E-state index in [0.717, 1.165) is 67.0 Å². The van der Waals surface area contributed by atoms with Crippen molar-refractivity contribution in [1.82, 2.24) is 14.9 Å².